The molecule has 1 aliphatic heterocycles. The van der Waals surface area contributed by atoms with E-state index in [0.29, 0.717) is 16.7 Å². The summed E-state index contributed by atoms with van der Waals surface area (Å²) in [5.41, 5.74) is 4.65. The molecule has 122 valence electrons. The van der Waals surface area contributed by atoms with E-state index in [1.165, 1.54) is 5.56 Å². The molecule has 1 aliphatic rings. The number of carbonyl (C=O) groups excluding carboxylic acids is 1. The highest BCUT2D eigenvalue weighted by Gasteiger charge is 2.31. The number of thiocarbonyl (C=S) groups is 1. The summed E-state index contributed by atoms with van der Waals surface area (Å²) in [6, 6.07) is 16.0. The van der Waals surface area contributed by atoms with Crippen molar-refractivity contribution in [2.45, 2.75) is 26.7 Å². The molecule has 0 radical (unpaired) electrons. The van der Waals surface area contributed by atoms with Crippen LogP contribution in [0.15, 0.2) is 54.2 Å². The van der Waals surface area contributed by atoms with Gasteiger partial charge in [0, 0.05) is 0 Å². The SMILES string of the molecule is Cc1cccc(/C=C2\NC(=S)N(c3ccc(C(C)C)cc3)C2=O)c1. The van der Waals surface area contributed by atoms with Crippen molar-refractivity contribution in [3.63, 3.8) is 0 Å². The number of carbonyl (C=O) groups is 1. The Labute approximate surface area is 148 Å². The maximum Gasteiger partial charge on any atom is 0.281 e. The van der Waals surface area contributed by atoms with Gasteiger partial charge in [-0.25, -0.2) is 0 Å². The molecule has 4 heteroatoms. The lowest BCUT2D eigenvalue weighted by Gasteiger charge is -2.15. The minimum Gasteiger partial charge on any atom is -0.327 e. The van der Waals surface area contributed by atoms with Crippen molar-refractivity contribution >= 4 is 35.0 Å². The maximum atomic E-state index is 12.7. The van der Waals surface area contributed by atoms with Crippen molar-refractivity contribution in [3.8, 4) is 0 Å². The highest BCUT2D eigenvalue weighted by atomic mass is 32.1. The topological polar surface area (TPSA) is 32.3 Å². The Kier molecular flexibility index (Phi) is 4.49. The Morgan fingerprint density at radius 3 is 2.46 bits per heavy atom. The van der Waals surface area contributed by atoms with Crippen LogP contribution in [0.2, 0.25) is 0 Å². The molecule has 0 unspecified atom stereocenters. The summed E-state index contributed by atoms with van der Waals surface area (Å²) >= 11 is 5.36. The summed E-state index contributed by atoms with van der Waals surface area (Å²) in [5.74, 6) is 0.328. The number of aryl methyl sites for hydroxylation is 1. The molecule has 1 saturated heterocycles. The van der Waals surface area contributed by atoms with Crippen LogP contribution in [0.4, 0.5) is 5.69 Å². The van der Waals surface area contributed by atoms with Crippen molar-refractivity contribution in [2.24, 2.45) is 0 Å². The Balaban J connectivity index is 1.89. The van der Waals surface area contributed by atoms with Gasteiger partial charge in [0.2, 0.25) is 0 Å². The number of nitrogens with zero attached hydrogens (tertiary/aromatic N) is 1. The van der Waals surface area contributed by atoms with Crippen LogP contribution >= 0.6 is 12.2 Å². The second kappa shape index (κ2) is 6.57. The molecule has 1 amide bonds. The van der Waals surface area contributed by atoms with Gasteiger partial charge in [-0.05, 0) is 54.4 Å². The molecule has 2 aromatic carbocycles. The maximum absolute atomic E-state index is 12.7. The van der Waals surface area contributed by atoms with Crippen molar-refractivity contribution in [2.75, 3.05) is 4.90 Å². The Bertz CT molecular complexity index is 822. The third kappa shape index (κ3) is 3.24. The lowest BCUT2D eigenvalue weighted by Crippen LogP contribution is -2.30. The molecule has 1 heterocycles. The van der Waals surface area contributed by atoms with Crippen molar-refractivity contribution in [3.05, 3.63) is 70.9 Å². The van der Waals surface area contributed by atoms with Crippen LogP contribution in [0.25, 0.3) is 6.08 Å². The van der Waals surface area contributed by atoms with Crippen molar-refractivity contribution < 1.29 is 4.79 Å². The van der Waals surface area contributed by atoms with Crippen LogP contribution in [0.1, 0.15) is 36.5 Å². The Morgan fingerprint density at radius 2 is 1.83 bits per heavy atom. The lowest BCUT2D eigenvalue weighted by atomic mass is 10.0. The van der Waals surface area contributed by atoms with Gasteiger partial charge >= 0.3 is 0 Å². The van der Waals surface area contributed by atoms with Crippen LogP contribution in [-0.2, 0) is 4.79 Å². The average molecular weight is 336 g/mol. The van der Waals surface area contributed by atoms with Gasteiger partial charge < -0.3 is 5.32 Å². The lowest BCUT2D eigenvalue weighted by molar-refractivity contribution is -0.113. The predicted molar refractivity (Wildman–Crippen MR) is 103 cm³/mol. The second-order valence-corrected chi connectivity index (χ2v) is 6.68. The summed E-state index contributed by atoms with van der Waals surface area (Å²) in [7, 11) is 0. The fraction of sp³-hybridized carbons (Fsp3) is 0.200. The monoisotopic (exact) mass is 336 g/mol. The Morgan fingerprint density at radius 1 is 1.12 bits per heavy atom. The minimum atomic E-state index is -0.126. The molecular weight excluding hydrogens is 316 g/mol. The zero-order chi connectivity index (χ0) is 17.3. The third-order valence-corrected chi connectivity index (χ3v) is 4.33. The number of hydrogen-bond acceptors (Lipinski definition) is 2. The van der Waals surface area contributed by atoms with Gasteiger partial charge in [-0.15, -0.1) is 0 Å². The summed E-state index contributed by atoms with van der Waals surface area (Å²) in [5, 5.41) is 3.44. The van der Waals surface area contributed by atoms with Gasteiger partial charge in [-0.1, -0.05) is 55.8 Å². The van der Waals surface area contributed by atoms with Crippen LogP contribution in [0.3, 0.4) is 0 Å². The number of hydrogen-bond donors (Lipinski definition) is 1. The number of rotatable bonds is 3. The first-order chi connectivity index (χ1) is 11.5. The third-order valence-electron chi connectivity index (χ3n) is 4.05. The summed E-state index contributed by atoms with van der Waals surface area (Å²) in [6.07, 6.45) is 1.84. The van der Waals surface area contributed by atoms with Crippen molar-refractivity contribution in [1.29, 1.82) is 0 Å². The molecule has 0 spiro atoms. The van der Waals surface area contributed by atoms with Gasteiger partial charge in [0.1, 0.15) is 5.70 Å². The number of amides is 1. The van der Waals surface area contributed by atoms with Gasteiger partial charge in [-0.2, -0.15) is 0 Å². The largest absolute Gasteiger partial charge is 0.327 e. The average Bonchev–Trinajstić information content (AvgIpc) is 2.81. The number of anilines is 1. The Hall–Kier alpha value is -2.46. The number of benzene rings is 2. The van der Waals surface area contributed by atoms with Gasteiger partial charge in [0.25, 0.3) is 5.91 Å². The van der Waals surface area contributed by atoms with E-state index in [2.05, 4.69) is 19.2 Å². The molecule has 0 aliphatic carbocycles. The first-order valence-electron chi connectivity index (χ1n) is 7.99. The molecule has 1 fully saturated rings. The fourth-order valence-corrected chi connectivity index (χ4v) is 3.00. The van der Waals surface area contributed by atoms with E-state index in [1.807, 2.05) is 61.5 Å². The molecule has 2 aromatic rings. The first kappa shape index (κ1) is 16.4. The van der Waals surface area contributed by atoms with Crippen LogP contribution in [0.5, 0.6) is 0 Å². The zero-order valence-electron chi connectivity index (χ0n) is 14.0. The van der Waals surface area contributed by atoms with E-state index in [9.17, 15) is 4.79 Å². The van der Waals surface area contributed by atoms with Gasteiger partial charge in [0.05, 0.1) is 5.69 Å². The van der Waals surface area contributed by atoms with Gasteiger partial charge in [-0.3, -0.25) is 9.69 Å². The standard InChI is InChI=1S/C20H20N2OS/c1-13(2)16-7-9-17(10-8-16)22-19(23)18(21-20(22)24)12-15-6-4-5-14(3)11-15/h4-13H,1-3H3,(H,21,24)/b18-12-. The summed E-state index contributed by atoms with van der Waals surface area (Å²) < 4.78 is 0. The molecule has 3 nitrogen and oxygen atoms in total. The molecule has 24 heavy (non-hydrogen) atoms. The quantitative estimate of drug-likeness (QED) is 0.667. The van der Waals surface area contributed by atoms with E-state index >= 15 is 0 Å². The fourth-order valence-electron chi connectivity index (χ4n) is 2.70. The van der Waals surface area contributed by atoms with E-state index in [1.54, 1.807) is 4.90 Å². The second-order valence-electron chi connectivity index (χ2n) is 6.29. The van der Waals surface area contributed by atoms with E-state index in [4.69, 9.17) is 12.2 Å². The first-order valence-corrected chi connectivity index (χ1v) is 8.40. The molecule has 0 aromatic heterocycles. The highest BCUT2D eigenvalue weighted by molar-refractivity contribution is 7.80. The summed E-state index contributed by atoms with van der Waals surface area (Å²) in [4.78, 5) is 14.3. The van der Waals surface area contributed by atoms with Gasteiger partial charge in [0.15, 0.2) is 5.11 Å². The van der Waals surface area contributed by atoms with E-state index in [-0.39, 0.29) is 5.91 Å². The highest BCUT2D eigenvalue weighted by Crippen LogP contribution is 2.25. The molecule has 0 saturated carbocycles. The predicted octanol–water partition coefficient (Wildman–Crippen LogP) is 4.38. The van der Waals surface area contributed by atoms with Crippen LogP contribution in [-0.4, -0.2) is 11.0 Å². The van der Waals surface area contributed by atoms with E-state index in [0.717, 1.165) is 16.8 Å². The normalized spacial score (nSPS) is 16.2. The molecule has 0 atom stereocenters. The summed E-state index contributed by atoms with van der Waals surface area (Å²) in [6.45, 7) is 6.31. The zero-order valence-corrected chi connectivity index (χ0v) is 14.9. The molecular formula is C20H20N2OS. The van der Waals surface area contributed by atoms with Crippen LogP contribution < -0.4 is 10.2 Å². The molecule has 3 rings (SSSR count). The number of nitrogens with one attached hydrogen (secondary N) is 1. The smallest absolute Gasteiger partial charge is 0.281 e. The van der Waals surface area contributed by atoms with Crippen molar-refractivity contribution in [1.82, 2.24) is 5.32 Å². The molecule has 1 N–H and O–H groups in total. The van der Waals surface area contributed by atoms with E-state index < -0.39 is 0 Å². The molecule has 0 bridgehead atoms. The van der Waals surface area contributed by atoms with Crippen LogP contribution in [0, 0.1) is 6.92 Å². The minimum absolute atomic E-state index is 0.126.